The van der Waals surface area contributed by atoms with Gasteiger partial charge in [-0.3, -0.25) is 4.98 Å². The number of rotatable bonds is 4. The van der Waals surface area contributed by atoms with Crippen molar-refractivity contribution < 1.29 is 0 Å². The van der Waals surface area contributed by atoms with Crippen LogP contribution >= 0.6 is 0 Å². The number of nitrogens with one attached hydrogen (secondary N) is 1. The van der Waals surface area contributed by atoms with Gasteiger partial charge in [0.15, 0.2) is 5.82 Å². The van der Waals surface area contributed by atoms with E-state index >= 15 is 0 Å². The van der Waals surface area contributed by atoms with Crippen LogP contribution in [0.2, 0.25) is 0 Å². The normalized spacial score (nSPS) is 11.4. The minimum Gasteiger partial charge on any atom is -0.370 e. The van der Waals surface area contributed by atoms with Gasteiger partial charge in [0.05, 0.1) is 5.69 Å². The van der Waals surface area contributed by atoms with E-state index in [4.69, 9.17) is 4.98 Å². The molecule has 0 unspecified atom stereocenters. The Morgan fingerprint density at radius 1 is 1.20 bits per heavy atom. The molecule has 0 saturated carbocycles. The Balaban J connectivity index is 2.46. The van der Waals surface area contributed by atoms with Crippen LogP contribution in [0.15, 0.2) is 30.6 Å². The zero-order chi connectivity index (χ0) is 14.6. The molecule has 0 amide bonds. The first-order valence-electron chi connectivity index (χ1n) is 7.04. The van der Waals surface area contributed by atoms with Crippen LogP contribution < -0.4 is 5.32 Å². The van der Waals surface area contributed by atoms with Gasteiger partial charge in [-0.15, -0.1) is 0 Å². The average molecular weight is 270 g/mol. The lowest BCUT2D eigenvalue weighted by Gasteiger charge is -2.19. The maximum absolute atomic E-state index is 4.69. The summed E-state index contributed by atoms with van der Waals surface area (Å²) in [6.45, 7) is 9.53. The van der Waals surface area contributed by atoms with Crippen molar-refractivity contribution in [3.05, 3.63) is 36.3 Å². The Bertz CT molecular complexity index is 558. The second kappa shape index (κ2) is 5.99. The molecule has 2 heterocycles. The standard InChI is InChI=1S/C16H22N4/c1-5-8-18-14-10-13(16(2,3)4)19-15(20-14)12-7-6-9-17-11-12/h6-7,9-11H,5,8H2,1-4H3,(H,18,19,20). The van der Waals surface area contributed by atoms with Crippen molar-refractivity contribution in [2.24, 2.45) is 0 Å². The Morgan fingerprint density at radius 2 is 2.00 bits per heavy atom. The van der Waals surface area contributed by atoms with Gasteiger partial charge in [-0.05, 0) is 18.6 Å². The SMILES string of the molecule is CCCNc1cc(C(C)(C)C)nc(-c2cccnc2)n1. The van der Waals surface area contributed by atoms with E-state index in [0.29, 0.717) is 0 Å². The topological polar surface area (TPSA) is 50.7 Å². The maximum atomic E-state index is 4.69. The van der Waals surface area contributed by atoms with Gasteiger partial charge in [0.1, 0.15) is 5.82 Å². The van der Waals surface area contributed by atoms with Crippen molar-refractivity contribution in [1.29, 1.82) is 0 Å². The second-order valence-electron chi connectivity index (χ2n) is 5.88. The molecular formula is C16H22N4. The molecule has 20 heavy (non-hydrogen) atoms. The first-order valence-corrected chi connectivity index (χ1v) is 7.04. The fourth-order valence-electron chi connectivity index (χ4n) is 1.80. The third-order valence-electron chi connectivity index (χ3n) is 2.97. The summed E-state index contributed by atoms with van der Waals surface area (Å²) in [5.41, 5.74) is 1.96. The summed E-state index contributed by atoms with van der Waals surface area (Å²) < 4.78 is 0. The zero-order valence-electron chi connectivity index (χ0n) is 12.6. The molecule has 0 bridgehead atoms. The highest BCUT2D eigenvalue weighted by Gasteiger charge is 2.18. The smallest absolute Gasteiger partial charge is 0.163 e. The summed E-state index contributed by atoms with van der Waals surface area (Å²) in [4.78, 5) is 13.4. The van der Waals surface area contributed by atoms with Crippen LogP contribution in [0.25, 0.3) is 11.4 Å². The predicted octanol–water partition coefficient (Wildman–Crippen LogP) is 3.66. The van der Waals surface area contributed by atoms with Crippen LogP contribution in [0.4, 0.5) is 5.82 Å². The Kier molecular flexibility index (Phi) is 4.32. The highest BCUT2D eigenvalue weighted by atomic mass is 15.0. The number of anilines is 1. The molecule has 0 aliphatic heterocycles. The molecule has 0 atom stereocenters. The lowest BCUT2D eigenvalue weighted by atomic mass is 9.92. The molecule has 106 valence electrons. The fraction of sp³-hybridized carbons (Fsp3) is 0.438. The van der Waals surface area contributed by atoms with Crippen LogP contribution in [0.1, 0.15) is 39.8 Å². The van der Waals surface area contributed by atoms with E-state index in [1.54, 1.807) is 12.4 Å². The molecule has 0 aliphatic rings. The van der Waals surface area contributed by atoms with Gasteiger partial charge in [0, 0.05) is 36.0 Å². The van der Waals surface area contributed by atoms with Crippen LogP contribution in [0.3, 0.4) is 0 Å². The summed E-state index contributed by atoms with van der Waals surface area (Å²) in [6.07, 6.45) is 4.62. The molecule has 0 fully saturated rings. The van der Waals surface area contributed by atoms with Crippen molar-refractivity contribution in [2.45, 2.75) is 39.5 Å². The first-order chi connectivity index (χ1) is 9.50. The van der Waals surface area contributed by atoms with Gasteiger partial charge >= 0.3 is 0 Å². The summed E-state index contributed by atoms with van der Waals surface area (Å²) in [6, 6.07) is 5.93. The van der Waals surface area contributed by atoms with Crippen LogP contribution in [-0.4, -0.2) is 21.5 Å². The molecule has 4 nitrogen and oxygen atoms in total. The van der Waals surface area contributed by atoms with Gasteiger partial charge in [0.25, 0.3) is 0 Å². The van der Waals surface area contributed by atoms with Gasteiger partial charge < -0.3 is 5.32 Å². The van der Waals surface area contributed by atoms with E-state index in [0.717, 1.165) is 35.9 Å². The molecule has 2 rings (SSSR count). The molecule has 0 saturated heterocycles. The van der Waals surface area contributed by atoms with E-state index in [-0.39, 0.29) is 5.41 Å². The van der Waals surface area contributed by atoms with E-state index in [1.807, 2.05) is 18.2 Å². The Labute approximate surface area is 120 Å². The zero-order valence-corrected chi connectivity index (χ0v) is 12.6. The van der Waals surface area contributed by atoms with E-state index in [9.17, 15) is 0 Å². The number of nitrogens with zero attached hydrogens (tertiary/aromatic N) is 3. The molecule has 2 aromatic heterocycles. The van der Waals surface area contributed by atoms with Crippen molar-refractivity contribution in [3.8, 4) is 11.4 Å². The molecule has 0 radical (unpaired) electrons. The molecule has 4 heteroatoms. The summed E-state index contributed by atoms with van der Waals surface area (Å²) >= 11 is 0. The van der Waals surface area contributed by atoms with Gasteiger partial charge in [-0.2, -0.15) is 0 Å². The van der Waals surface area contributed by atoms with E-state index < -0.39 is 0 Å². The third-order valence-corrected chi connectivity index (χ3v) is 2.97. The monoisotopic (exact) mass is 270 g/mol. The van der Waals surface area contributed by atoms with Crippen LogP contribution in [-0.2, 0) is 5.41 Å². The van der Waals surface area contributed by atoms with Crippen molar-refractivity contribution in [2.75, 3.05) is 11.9 Å². The minimum atomic E-state index is -0.0114. The van der Waals surface area contributed by atoms with Gasteiger partial charge in [-0.25, -0.2) is 9.97 Å². The van der Waals surface area contributed by atoms with Crippen molar-refractivity contribution >= 4 is 5.82 Å². The quantitative estimate of drug-likeness (QED) is 0.921. The van der Waals surface area contributed by atoms with Gasteiger partial charge in [0.2, 0.25) is 0 Å². The van der Waals surface area contributed by atoms with E-state index in [2.05, 4.69) is 43.0 Å². The average Bonchev–Trinajstić information content (AvgIpc) is 2.45. The first kappa shape index (κ1) is 14.4. The summed E-state index contributed by atoms with van der Waals surface area (Å²) in [5.74, 6) is 1.61. The largest absolute Gasteiger partial charge is 0.370 e. The van der Waals surface area contributed by atoms with Crippen LogP contribution in [0, 0.1) is 0 Å². The number of aromatic nitrogens is 3. The maximum Gasteiger partial charge on any atom is 0.163 e. The van der Waals surface area contributed by atoms with Crippen molar-refractivity contribution in [3.63, 3.8) is 0 Å². The Hall–Kier alpha value is -1.97. The molecule has 0 aromatic carbocycles. The molecule has 0 spiro atoms. The lowest BCUT2D eigenvalue weighted by molar-refractivity contribution is 0.568. The number of hydrogen-bond donors (Lipinski definition) is 1. The molecule has 2 aromatic rings. The summed E-state index contributed by atoms with van der Waals surface area (Å²) in [7, 11) is 0. The highest BCUT2D eigenvalue weighted by molar-refractivity contribution is 5.56. The number of pyridine rings is 1. The lowest BCUT2D eigenvalue weighted by Crippen LogP contribution is -2.16. The Morgan fingerprint density at radius 3 is 2.60 bits per heavy atom. The van der Waals surface area contributed by atoms with E-state index in [1.165, 1.54) is 0 Å². The highest BCUT2D eigenvalue weighted by Crippen LogP contribution is 2.25. The van der Waals surface area contributed by atoms with Gasteiger partial charge in [-0.1, -0.05) is 27.7 Å². The minimum absolute atomic E-state index is 0.0114. The second-order valence-corrected chi connectivity index (χ2v) is 5.88. The van der Waals surface area contributed by atoms with Crippen LogP contribution in [0.5, 0.6) is 0 Å². The number of hydrogen-bond acceptors (Lipinski definition) is 4. The molecule has 0 aliphatic carbocycles. The third kappa shape index (κ3) is 3.53. The molecule has 1 N–H and O–H groups in total. The summed E-state index contributed by atoms with van der Waals surface area (Å²) in [5, 5.41) is 3.35. The fourth-order valence-corrected chi connectivity index (χ4v) is 1.80. The molecular weight excluding hydrogens is 248 g/mol. The van der Waals surface area contributed by atoms with Crippen molar-refractivity contribution in [1.82, 2.24) is 15.0 Å². The predicted molar refractivity (Wildman–Crippen MR) is 82.7 cm³/mol.